The molecule has 2 aromatic carbocycles. The van der Waals surface area contributed by atoms with Crippen molar-refractivity contribution in [3.05, 3.63) is 63.5 Å². The average Bonchev–Trinajstić information content (AvgIpc) is 3.09. The largest absolute Gasteiger partial charge is 0.321 e. The first kappa shape index (κ1) is 19.3. The van der Waals surface area contributed by atoms with Gasteiger partial charge in [0.25, 0.3) is 11.5 Å². The van der Waals surface area contributed by atoms with Gasteiger partial charge in [0.2, 0.25) is 0 Å². The van der Waals surface area contributed by atoms with Crippen LogP contribution in [0.3, 0.4) is 0 Å². The predicted octanol–water partition coefficient (Wildman–Crippen LogP) is 4.76. The third kappa shape index (κ3) is 3.91. The molecule has 7 heteroatoms. The van der Waals surface area contributed by atoms with Crippen LogP contribution in [0.15, 0.2) is 47.3 Å². The van der Waals surface area contributed by atoms with E-state index in [0.29, 0.717) is 23.0 Å². The fourth-order valence-electron chi connectivity index (χ4n) is 3.37. The quantitative estimate of drug-likeness (QED) is 0.469. The summed E-state index contributed by atoms with van der Waals surface area (Å²) in [6, 6.07) is 12.8. The van der Waals surface area contributed by atoms with E-state index in [0.717, 1.165) is 34.5 Å². The standard InChI is InChI=1S/C22H22N4O2S/c1-3-4-7-12-26-22(28)17-9-6-5-8-16(17)20(25-26)21(27)24-15-10-11-18-19(13-15)29-14(2)23-18/h5-6,8-11,13H,3-4,7,12H2,1-2H3,(H,24,27). The number of hydrogen-bond acceptors (Lipinski definition) is 5. The summed E-state index contributed by atoms with van der Waals surface area (Å²) in [6.45, 7) is 4.57. The second-order valence-electron chi connectivity index (χ2n) is 7.00. The first-order valence-electron chi connectivity index (χ1n) is 9.75. The lowest BCUT2D eigenvalue weighted by Crippen LogP contribution is -2.27. The fraction of sp³-hybridized carbons (Fsp3) is 0.273. The minimum Gasteiger partial charge on any atom is -0.321 e. The Hall–Kier alpha value is -3.06. The summed E-state index contributed by atoms with van der Waals surface area (Å²) in [7, 11) is 0. The smallest absolute Gasteiger partial charge is 0.276 e. The number of carbonyl (C=O) groups excluding carboxylic acids is 1. The van der Waals surface area contributed by atoms with Crippen LogP contribution in [0.4, 0.5) is 5.69 Å². The van der Waals surface area contributed by atoms with Crippen molar-refractivity contribution in [3.8, 4) is 0 Å². The van der Waals surface area contributed by atoms with Crippen molar-refractivity contribution in [2.24, 2.45) is 0 Å². The SMILES string of the molecule is CCCCCn1nc(C(=O)Nc2ccc3nc(C)sc3c2)c2ccccc2c1=O. The number of unbranched alkanes of at least 4 members (excludes halogenated alkanes) is 2. The van der Waals surface area contributed by atoms with E-state index >= 15 is 0 Å². The summed E-state index contributed by atoms with van der Waals surface area (Å²) in [5.74, 6) is -0.328. The Morgan fingerprint density at radius 3 is 2.72 bits per heavy atom. The molecule has 0 bridgehead atoms. The van der Waals surface area contributed by atoms with Gasteiger partial charge >= 0.3 is 0 Å². The molecule has 148 valence electrons. The Morgan fingerprint density at radius 2 is 1.93 bits per heavy atom. The lowest BCUT2D eigenvalue weighted by atomic mass is 10.1. The average molecular weight is 407 g/mol. The summed E-state index contributed by atoms with van der Waals surface area (Å²) in [5.41, 5.74) is 1.70. The third-order valence-electron chi connectivity index (χ3n) is 4.81. The molecule has 0 saturated carbocycles. The number of benzene rings is 2. The number of amides is 1. The van der Waals surface area contributed by atoms with Gasteiger partial charge in [-0.05, 0) is 37.6 Å². The second-order valence-corrected chi connectivity index (χ2v) is 8.23. The van der Waals surface area contributed by atoms with Crippen LogP contribution < -0.4 is 10.9 Å². The maximum Gasteiger partial charge on any atom is 0.276 e. The molecule has 0 radical (unpaired) electrons. The third-order valence-corrected chi connectivity index (χ3v) is 5.74. The van der Waals surface area contributed by atoms with Gasteiger partial charge in [0, 0.05) is 17.6 Å². The van der Waals surface area contributed by atoms with Crippen molar-refractivity contribution >= 4 is 43.9 Å². The van der Waals surface area contributed by atoms with Gasteiger partial charge in [0.05, 0.1) is 20.6 Å². The molecule has 0 unspecified atom stereocenters. The van der Waals surface area contributed by atoms with Crippen molar-refractivity contribution in [2.75, 3.05) is 5.32 Å². The van der Waals surface area contributed by atoms with E-state index in [-0.39, 0.29) is 17.2 Å². The summed E-state index contributed by atoms with van der Waals surface area (Å²) in [6.07, 6.45) is 2.91. The van der Waals surface area contributed by atoms with E-state index in [9.17, 15) is 9.59 Å². The number of aromatic nitrogens is 3. The number of anilines is 1. The number of aryl methyl sites for hydroxylation is 2. The number of fused-ring (bicyclic) bond motifs is 2. The van der Waals surface area contributed by atoms with Crippen LogP contribution in [0.25, 0.3) is 21.0 Å². The van der Waals surface area contributed by atoms with Gasteiger partial charge in [-0.15, -0.1) is 11.3 Å². The van der Waals surface area contributed by atoms with Gasteiger partial charge in [-0.1, -0.05) is 38.0 Å². The number of nitrogens with zero attached hydrogens (tertiary/aromatic N) is 3. The highest BCUT2D eigenvalue weighted by Crippen LogP contribution is 2.25. The Labute approximate surface area is 172 Å². The van der Waals surface area contributed by atoms with E-state index in [1.807, 2.05) is 37.3 Å². The van der Waals surface area contributed by atoms with Crippen molar-refractivity contribution < 1.29 is 4.79 Å². The monoisotopic (exact) mass is 406 g/mol. The topological polar surface area (TPSA) is 76.9 Å². The van der Waals surface area contributed by atoms with Gasteiger partial charge in [-0.3, -0.25) is 9.59 Å². The number of thiazole rings is 1. The molecule has 0 aliphatic rings. The van der Waals surface area contributed by atoms with Crippen LogP contribution in [0.5, 0.6) is 0 Å². The van der Waals surface area contributed by atoms with Crippen LogP contribution in [0.1, 0.15) is 41.7 Å². The molecular weight excluding hydrogens is 384 g/mol. The fourth-order valence-corrected chi connectivity index (χ4v) is 4.24. The molecule has 2 heterocycles. The maximum absolute atomic E-state index is 13.1. The molecule has 0 aliphatic carbocycles. The van der Waals surface area contributed by atoms with E-state index in [1.165, 1.54) is 4.68 Å². The highest BCUT2D eigenvalue weighted by Gasteiger charge is 2.17. The molecule has 0 atom stereocenters. The van der Waals surface area contributed by atoms with Gasteiger partial charge in [0.15, 0.2) is 5.69 Å². The lowest BCUT2D eigenvalue weighted by Gasteiger charge is -2.11. The molecule has 0 fully saturated rings. The number of nitrogens with one attached hydrogen (secondary N) is 1. The zero-order chi connectivity index (χ0) is 20.4. The van der Waals surface area contributed by atoms with Crippen molar-refractivity contribution in [3.63, 3.8) is 0 Å². The highest BCUT2D eigenvalue weighted by molar-refractivity contribution is 7.18. The van der Waals surface area contributed by atoms with Gasteiger partial charge in [-0.2, -0.15) is 5.10 Å². The second kappa shape index (κ2) is 8.13. The molecule has 0 aliphatic heterocycles. The Balaban J connectivity index is 1.71. The van der Waals surface area contributed by atoms with Gasteiger partial charge in [-0.25, -0.2) is 9.67 Å². The van der Waals surface area contributed by atoms with Crippen molar-refractivity contribution in [2.45, 2.75) is 39.7 Å². The summed E-state index contributed by atoms with van der Waals surface area (Å²) in [5, 5.41) is 9.40. The zero-order valence-electron chi connectivity index (χ0n) is 16.4. The molecule has 6 nitrogen and oxygen atoms in total. The Morgan fingerprint density at radius 1 is 1.14 bits per heavy atom. The van der Waals surface area contributed by atoms with Crippen LogP contribution in [-0.4, -0.2) is 20.7 Å². The number of hydrogen-bond donors (Lipinski definition) is 1. The van der Waals surface area contributed by atoms with E-state index < -0.39 is 0 Å². The minimum atomic E-state index is -0.328. The summed E-state index contributed by atoms with van der Waals surface area (Å²) < 4.78 is 2.44. The van der Waals surface area contributed by atoms with Crippen LogP contribution in [0.2, 0.25) is 0 Å². The first-order chi connectivity index (χ1) is 14.1. The molecule has 2 aromatic heterocycles. The molecule has 4 aromatic rings. The Kier molecular flexibility index (Phi) is 5.40. The molecule has 0 saturated heterocycles. The molecule has 4 rings (SSSR count). The van der Waals surface area contributed by atoms with Crippen LogP contribution in [-0.2, 0) is 6.54 Å². The summed E-state index contributed by atoms with van der Waals surface area (Å²) in [4.78, 5) is 30.3. The van der Waals surface area contributed by atoms with Crippen LogP contribution >= 0.6 is 11.3 Å². The first-order valence-corrected chi connectivity index (χ1v) is 10.6. The van der Waals surface area contributed by atoms with Crippen LogP contribution in [0, 0.1) is 6.92 Å². The van der Waals surface area contributed by atoms with Crippen molar-refractivity contribution in [1.82, 2.24) is 14.8 Å². The van der Waals surface area contributed by atoms with E-state index in [2.05, 4.69) is 22.3 Å². The minimum absolute atomic E-state index is 0.158. The lowest BCUT2D eigenvalue weighted by molar-refractivity contribution is 0.102. The number of rotatable bonds is 6. The van der Waals surface area contributed by atoms with Gasteiger partial charge in [0.1, 0.15) is 0 Å². The normalized spacial score (nSPS) is 11.2. The maximum atomic E-state index is 13.1. The van der Waals surface area contributed by atoms with E-state index in [1.54, 1.807) is 23.5 Å². The van der Waals surface area contributed by atoms with E-state index in [4.69, 9.17) is 0 Å². The zero-order valence-corrected chi connectivity index (χ0v) is 17.3. The molecule has 29 heavy (non-hydrogen) atoms. The number of carbonyl (C=O) groups is 1. The summed E-state index contributed by atoms with van der Waals surface area (Å²) >= 11 is 1.58. The molecule has 1 amide bonds. The Bertz CT molecular complexity index is 1260. The molecular formula is C22H22N4O2S. The molecule has 1 N–H and O–H groups in total. The predicted molar refractivity (Wildman–Crippen MR) is 118 cm³/mol. The van der Waals surface area contributed by atoms with Gasteiger partial charge < -0.3 is 5.32 Å². The molecule has 0 spiro atoms. The van der Waals surface area contributed by atoms with Crippen molar-refractivity contribution in [1.29, 1.82) is 0 Å². The highest BCUT2D eigenvalue weighted by atomic mass is 32.1.